The van der Waals surface area contributed by atoms with Crippen LogP contribution in [-0.4, -0.2) is 18.7 Å². The number of ether oxygens (including phenoxy) is 2. The first-order valence-corrected chi connectivity index (χ1v) is 6.76. The topological polar surface area (TPSA) is 43.4 Å². The van der Waals surface area contributed by atoms with Crippen molar-refractivity contribution in [2.45, 2.75) is 19.6 Å². The van der Waals surface area contributed by atoms with Crippen molar-refractivity contribution < 1.29 is 18.3 Å². The first kappa shape index (κ1) is 14.5. The SMILES string of the molecule is COc1ccc(NC(C)c2cncs2)cc1OC(F)F. The first-order chi connectivity index (χ1) is 9.60. The highest BCUT2D eigenvalue weighted by molar-refractivity contribution is 7.09. The molecule has 0 aliphatic heterocycles. The van der Waals surface area contributed by atoms with Gasteiger partial charge in [0, 0.05) is 22.8 Å². The quantitative estimate of drug-likeness (QED) is 0.878. The Morgan fingerprint density at radius 3 is 2.70 bits per heavy atom. The standard InChI is InChI=1S/C13H14F2N2O2S/c1-8(12-6-16-7-20-12)17-9-3-4-10(18-2)11(5-9)19-13(14)15/h3-8,13,17H,1-2H3. The molecule has 4 nitrogen and oxygen atoms in total. The van der Waals surface area contributed by atoms with Crippen LogP contribution in [0.3, 0.4) is 0 Å². The first-order valence-electron chi connectivity index (χ1n) is 5.88. The molecule has 0 radical (unpaired) electrons. The van der Waals surface area contributed by atoms with Crippen molar-refractivity contribution in [1.29, 1.82) is 0 Å². The summed E-state index contributed by atoms with van der Waals surface area (Å²) in [6.07, 6.45) is 1.77. The largest absolute Gasteiger partial charge is 0.493 e. The van der Waals surface area contributed by atoms with Crippen molar-refractivity contribution >= 4 is 17.0 Å². The highest BCUT2D eigenvalue weighted by atomic mass is 32.1. The summed E-state index contributed by atoms with van der Waals surface area (Å²) in [5, 5.41) is 3.20. The molecule has 0 aliphatic rings. The average molecular weight is 300 g/mol. The van der Waals surface area contributed by atoms with Gasteiger partial charge >= 0.3 is 6.61 Å². The Balaban J connectivity index is 2.16. The van der Waals surface area contributed by atoms with E-state index in [1.165, 1.54) is 24.5 Å². The van der Waals surface area contributed by atoms with Gasteiger partial charge in [0.05, 0.1) is 18.7 Å². The lowest BCUT2D eigenvalue weighted by Crippen LogP contribution is -2.07. The summed E-state index contributed by atoms with van der Waals surface area (Å²) in [7, 11) is 1.40. The Kier molecular flexibility index (Phi) is 4.73. The summed E-state index contributed by atoms with van der Waals surface area (Å²) in [6, 6.07) is 4.84. The zero-order chi connectivity index (χ0) is 14.5. The molecule has 1 unspecified atom stereocenters. The van der Waals surface area contributed by atoms with Gasteiger partial charge in [-0.05, 0) is 19.1 Å². The average Bonchev–Trinajstić information content (AvgIpc) is 2.92. The number of methoxy groups -OCH3 is 1. The van der Waals surface area contributed by atoms with E-state index in [0.29, 0.717) is 5.69 Å². The van der Waals surface area contributed by atoms with Crippen molar-refractivity contribution in [2.24, 2.45) is 0 Å². The van der Waals surface area contributed by atoms with Crippen LogP contribution in [0.25, 0.3) is 0 Å². The molecule has 7 heteroatoms. The Hall–Kier alpha value is -1.89. The maximum Gasteiger partial charge on any atom is 0.387 e. The second-order valence-electron chi connectivity index (χ2n) is 4.01. The van der Waals surface area contributed by atoms with E-state index in [2.05, 4.69) is 15.0 Å². The van der Waals surface area contributed by atoms with E-state index in [0.717, 1.165) is 4.88 Å². The number of nitrogens with zero attached hydrogens (tertiary/aromatic N) is 1. The monoisotopic (exact) mass is 300 g/mol. The van der Waals surface area contributed by atoms with Crippen LogP contribution >= 0.6 is 11.3 Å². The molecule has 0 amide bonds. The molecule has 0 aliphatic carbocycles. The van der Waals surface area contributed by atoms with E-state index in [-0.39, 0.29) is 17.5 Å². The normalized spacial score (nSPS) is 12.2. The lowest BCUT2D eigenvalue weighted by atomic mass is 10.2. The fraction of sp³-hybridized carbons (Fsp3) is 0.308. The fourth-order valence-corrected chi connectivity index (χ4v) is 2.34. The van der Waals surface area contributed by atoms with Crippen LogP contribution in [0.5, 0.6) is 11.5 Å². The van der Waals surface area contributed by atoms with Crippen LogP contribution in [0.2, 0.25) is 0 Å². The van der Waals surface area contributed by atoms with Crippen molar-refractivity contribution in [3.8, 4) is 11.5 Å². The Labute approximate surface area is 119 Å². The van der Waals surface area contributed by atoms with E-state index < -0.39 is 6.61 Å². The minimum absolute atomic E-state index is 0.00371. The highest BCUT2D eigenvalue weighted by Gasteiger charge is 2.13. The molecule has 0 fully saturated rings. The molecule has 0 saturated carbocycles. The summed E-state index contributed by atoms with van der Waals surface area (Å²) in [4.78, 5) is 5.06. The molecule has 0 saturated heterocycles. The van der Waals surface area contributed by atoms with Gasteiger partial charge in [-0.3, -0.25) is 4.98 Å². The number of halogens is 2. The van der Waals surface area contributed by atoms with Crippen molar-refractivity contribution in [2.75, 3.05) is 12.4 Å². The lowest BCUT2D eigenvalue weighted by Gasteiger charge is -2.16. The Bertz CT molecular complexity index is 549. The second kappa shape index (κ2) is 6.51. The van der Waals surface area contributed by atoms with Gasteiger partial charge in [0.25, 0.3) is 0 Å². The van der Waals surface area contributed by atoms with Crippen LogP contribution in [0, 0.1) is 0 Å². The van der Waals surface area contributed by atoms with Gasteiger partial charge in [-0.15, -0.1) is 11.3 Å². The predicted octanol–water partition coefficient (Wildman–Crippen LogP) is 3.93. The third-order valence-corrected chi connectivity index (χ3v) is 3.60. The summed E-state index contributed by atoms with van der Waals surface area (Å²) in [5.41, 5.74) is 2.41. The maximum absolute atomic E-state index is 12.3. The number of alkyl halides is 2. The number of benzene rings is 1. The van der Waals surface area contributed by atoms with E-state index in [1.807, 2.05) is 6.92 Å². The number of hydrogen-bond acceptors (Lipinski definition) is 5. The summed E-state index contributed by atoms with van der Waals surface area (Å²) < 4.78 is 34.1. The number of anilines is 1. The van der Waals surface area contributed by atoms with E-state index in [4.69, 9.17) is 4.74 Å². The predicted molar refractivity (Wildman–Crippen MR) is 73.8 cm³/mol. The Morgan fingerprint density at radius 2 is 2.10 bits per heavy atom. The molecule has 1 N–H and O–H groups in total. The van der Waals surface area contributed by atoms with Gasteiger partial charge in [0.1, 0.15) is 0 Å². The molecule has 2 rings (SSSR count). The summed E-state index contributed by atoms with van der Waals surface area (Å²) in [6.45, 7) is -0.927. The molecule has 1 aromatic carbocycles. The van der Waals surface area contributed by atoms with Crippen LogP contribution in [-0.2, 0) is 0 Å². The lowest BCUT2D eigenvalue weighted by molar-refractivity contribution is -0.0511. The van der Waals surface area contributed by atoms with Crippen LogP contribution in [0.1, 0.15) is 17.8 Å². The summed E-state index contributed by atoms with van der Waals surface area (Å²) >= 11 is 1.52. The fourth-order valence-electron chi connectivity index (χ4n) is 1.72. The molecule has 20 heavy (non-hydrogen) atoms. The van der Waals surface area contributed by atoms with Crippen LogP contribution < -0.4 is 14.8 Å². The highest BCUT2D eigenvalue weighted by Crippen LogP contribution is 2.33. The van der Waals surface area contributed by atoms with Gasteiger partial charge in [-0.1, -0.05) is 0 Å². The van der Waals surface area contributed by atoms with Gasteiger partial charge in [-0.25, -0.2) is 0 Å². The van der Waals surface area contributed by atoms with Crippen molar-refractivity contribution in [1.82, 2.24) is 4.98 Å². The van der Waals surface area contributed by atoms with Gasteiger partial charge < -0.3 is 14.8 Å². The molecule has 2 aromatic rings. The molecule has 1 atom stereocenters. The third-order valence-electron chi connectivity index (χ3n) is 2.64. The van der Waals surface area contributed by atoms with Crippen molar-refractivity contribution in [3.63, 3.8) is 0 Å². The van der Waals surface area contributed by atoms with Crippen molar-refractivity contribution in [3.05, 3.63) is 34.8 Å². The number of rotatable bonds is 6. The van der Waals surface area contributed by atoms with E-state index in [1.54, 1.807) is 23.8 Å². The summed E-state index contributed by atoms with van der Waals surface area (Å²) in [5.74, 6) is 0.269. The van der Waals surface area contributed by atoms with E-state index in [9.17, 15) is 8.78 Å². The van der Waals surface area contributed by atoms with Crippen LogP contribution in [0.15, 0.2) is 29.9 Å². The van der Waals surface area contributed by atoms with Crippen LogP contribution in [0.4, 0.5) is 14.5 Å². The molecule has 1 heterocycles. The third kappa shape index (κ3) is 3.57. The zero-order valence-electron chi connectivity index (χ0n) is 11.0. The Morgan fingerprint density at radius 1 is 1.30 bits per heavy atom. The van der Waals surface area contributed by atoms with Gasteiger partial charge in [0.2, 0.25) is 0 Å². The number of nitrogens with one attached hydrogen (secondary N) is 1. The number of hydrogen-bond donors (Lipinski definition) is 1. The minimum atomic E-state index is -2.89. The molecule has 0 bridgehead atoms. The number of aromatic nitrogens is 1. The molecule has 1 aromatic heterocycles. The second-order valence-corrected chi connectivity index (χ2v) is 4.93. The maximum atomic E-state index is 12.3. The minimum Gasteiger partial charge on any atom is -0.493 e. The smallest absolute Gasteiger partial charge is 0.387 e. The van der Waals surface area contributed by atoms with Gasteiger partial charge in [0.15, 0.2) is 11.5 Å². The molecule has 108 valence electrons. The van der Waals surface area contributed by atoms with Gasteiger partial charge in [-0.2, -0.15) is 8.78 Å². The molecular formula is C13H14F2N2O2S. The number of thiazole rings is 1. The van der Waals surface area contributed by atoms with E-state index >= 15 is 0 Å². The molecule has 0 spiro atoms. The molecular weight excluding hydrogens is 286 g/mol. The zero-order valence-corrected chi connectivity index (χ0v) is 11.8.